The van der Waals surface area contributed by atoms with Gasteiger partial charge in [0.15, 0.2) is 0 Å². The van der Waals surface area contributed by atoms with Crippen LogP contribution < -0.4 is 5.32 Å². The molecule has 4 nitrogen and oxygen atoms in total. The number of aliphatic hydroxyl groups excluding tert-OH is 1. The molecule has 1 aromatic rings. The Labute approximate surface area is 115 Å². The summed E-state index contributed by atoms with van der Waals surface area (Å²) >= 11 is 1.51. The first-order chi connectivity index (χ1) is 9.25. The normalized spacial score (nSPS) is 21.9. The molecule has 2 aliphatic rings. The van der Waals surface area contributed by atoms with Gasteiger partial charge in [-0.3, -0.25) is 9.79 Å². The van der Waals surface area contributed by atoms with Gasteiger partial charge in [-0.05, 0) is 30.7 Å². The van der Waals surface area contributed by atoms with Gasteiger partial charge in [-0.2, -0.15) is 11.3 Å². The molecule has 0 aromatic carbocycles. The van der Waals surface area contributed by atoms with Crippen molar-refractivity contribution in [2.45, 2.75) is 25.3 Å². The summed E-state index contributed by atoms with van der Waals surface area (Å²) in [4.78, 5) is 16.5. The molecule has 0 fully saturated rings. The summed E-state index contributed by atoms with van der Waals surface area (Å²) in [7, 11) is 0. The van der Waals surface area contributed by atoms with Gasteiger partial charge in [0, 0.05) is 17.2 Å². The molecule has 0 saturated carbocycles. The van der Waals surface area contributed by atoms with E-state index in [1.54, 1.807) is 0 Å². The molecule has 3 rings (SSSR count). The van der Waals surface area contributed by atoms with E-state index in [0.29, 0.717) is 0 Å². The number of dihydropyridines is 1. The second-order valence-corrected chi connectivity index (χ2v) is 5.39. The number of aliphatic imine (C=N–C) groups is 1. The topological polar surface area (TPSA) is 61.7 Å². The van der Waals surface area contributed by atoms with E-state index in [4.69, 9.17) is 0 Å². The summed E-state index contributed by atoms with van der Waals surface area (Å²) in [6, 6.07) is 1.84. The Hall–Kier alpha value is -1.88. The fourth-order valence-electron chi connectivity index (χ4n) is 2.35. The Morgan fingerprint density at radius 1 is 1.53 bits per heavy atom. The number of thiophene rings is 1. The predicted octanol–water partition coefficient (Wildman–Crippen LogP) is 3.06. The largest absolute Gasteiger partial charge is 0.507 e. The zero-order valence-corrected chi connectivity index (χ0v) is 11.1. The molecule has 1 aliphatic carbocycles. The van der Waals surface area contributed by atoms with Crippen LogP contribution in [-0.4, -0.2) is 23.3 Å². The first-order valence-electron chi connectivity index (χ1n) is 6.26. The minimum Gasteiger partial charge on any atom is -0.507 e. The van der Waals surface area contributed by atoms with Crippen molar-refractivity contribution in [3.8, 4) is 0 Å². The maximum absolute atomic E-state index is 12.1. The second kappa shape index (κ2) is 5.01. The number of rotatable bonds is 2. The number of nitrogens with one attached hydrogen (secondary N) is 1. The van der Waals surface area contributed by atoms with E-state index in [0.717, 1.165) is 30.5 Å². The standard InChI is InChI=1S/C14H14N2O2S/c17-13-10-3-1-2-4-12(10)15-7-11(13)14(18)16-9-5-6-19-8-9/h3,5-8,12,17H,1-2,4H2,(H,16,18). The van der Waals surface area contributed by atoms with Crippen LogP contribution in [0.3, 0.4) is 0 Å². The van der Waals surface area contributed by atoms with Gasteiger partial charge < -0.3 is 10.4 Å². The molecule has 0 radical (unpaired) electrons. The average molecular weight is 274 g/mol. The first-order valence-corrected chi connectivity index (χ1v) is 7.20. The van der Waals surface area contributed by atoms with Gasteiger partial charge in [-0.1, -0.05) is 6.08 Å². The number of hydrogen-bond acceptors (Lipinski definition) is 4. The fraction of sp³-hybridized carbons (Fsp3) is 0.286. The maximum atomic E-state index is 12.1. The highest BCUT2D eigenvalue weighted by Gasteiger charge is 2.27. The summed E-state index contributed by atoms with van der Waals surface area (Å²) in [5.74, 6) is -0.239. The molecule has 0 spiro atoms. The number of amides is 1. The maximum Gasteiger partial charge on any atom is 0.261 e. The Bertz CT molecular complexity index is 585. The number of fused-ring (bicyclic) bond motifs is 1. The van der Waals surface area contributed by atoms with E-state index in [9.17, 15) is 9.90 Å². The van der Waals surface area contributed by atoms with Crippen molar-refractivity contribution in [3.05, 3.63) is 39.8 Å². The van der Waals surface area contributed by atoms with Crippen molar-refractivity contribution in [1.29, 1.82) is 0 Å². The number of carbonyl (C=O) groups is 1. The van der Waals surface area contributed by atoms with E-state index in [2.05, 4.69) is 10.3 Å². The van der Waals surface area contributed by atoms with Crippen molar-refractivity contribution in [2.24, 2.45) is 4.99 Å². The Morgan fingerprint density at radius 2 is 2.42 bits per heavy atom. The number of hydrogen-bond donors (Lipinski definition) is 2. The smallest absolute Gasteiger partial charge is 0.261 e. The lowest BCUT2D eigenvalue weighted by molar-refractivity contribution is -0.112. The highest BCUT2D eigenvalue weighted by atomic mass is 32.1. The molecule has 1 aliphatic heterocycles. The van der Waals surface area contributed by atoms with E-state index in [1.165, 1.54) is 17.6 Å². The van der Waals surface area contributed by atoms with Gasteiger partial charge in [0.25, 0.3) is 5.91 Å². The van der Waals surface area contributed by atoms with Crippen LogP contribution in [-0.2, 0) is 4.79 Å². The van der Waals surface area contributed by atoms with Gasteiger partial charge in [0.1, 0.15) is 5.76 Å². The number of anilines is 1. The highest BCUT2D eigenvalue weighted by molar-refractivity contribution is 7.08. The zero-order valence-electron chi connectivity index (χ0n) is 10.3. The van der Waals surface area contributed by atoms with Crippen LogP contribution >= 0.6 is 11.3 Å². The lowest BCUT2D eigenvalue weighted by Gasteiger charge is -2.24. The summed E-state index contributed by atoms with van der Waals surface area (Å²) in [6.07, 6.45) is 6.42. The minimum absolute atomic E-state index is 0.0199. The van der Waals surface area contributed by atoms with E-state index in [-0.39, 0.29) is 23.3 Å². The van der Waals surface area contributed by atoms with Gasteiger partial charge in [-0.25, -0.2) is 0 Å². The van der Waals surface area contributed by atoms with Crippen LogP contribution in [0.4, 0.5) is 5.69 Å². The monoisotopic (exact) mass is 274 g/mol. The second-order valence-electron chi connectivity index (χ2n) is 4.61. The van der Waals surface area contributed by atoms with Gasteiger partial charge in [-0.15, -0.1) is 0 Å². The summed E-state index contributed by atoms with van der Waals surface area (Å²) in [5.41, 5.74) is 1.78. The molecule has 1 amide bonds. The highest BCUT2D eigenvalue weighted by Crippen LogP contribution is 2.30. The van der Waals surface area contributed by atoms with E-state index in [1.807, 2.05) is 22.9 Å². The van der Waals surface area contributed by atoms with Crippen LogP contribution in [0, 0.1) is 0 Å². The summed E-state index contributed by atoms with van der Waals surface area (Å²) in [6.45, 7) is 0. The van der Waals surface area contributed by atoms with Crippen molar-refractivity contribution in [1.82, 2.24) is 0 Å². The third-order valence-corrected chi connectivity index (χ3v) is 4.02. The Balaban J connectivity index is 1.86. The molecule has 98 valence electrons. The molecular weight excluding hydrogens is 260 g/mol. The van der Waals surface area contributed by atoms with Crippen LogP contribution in [0.25, 0.3) is 0 Å². The summed E-state index contributed by atoms with van der Waals surface area (Å²) in [5, 5.41) is 16.7. The summed E-state index contributed by atoms with van der Waals surface area (Å²) < 4.78 is 0. The molecule has 1 atom stereocenters. The van der Waals surface area contributed by atoms with Crippen molar-refractivity contribution in [2.75, 3.05) is 5.32 Å². The lowest BCUT2D eigenvalue weighted by Crippen LogP contribution is -2.25. The van der Waals surface area contributed by atoms with Crippen molar-refractivity contribution in [3.63, 3.8) is 0 Å². The average Bonchev–Trinajstić information content (AvgIpc) is 2.92. The Kier molecular flexibility index (Phi) is 3.21. The van der Waals surface area contributed by atoms with Crippen LogP contribution in [0.2, 0.25) is 0 Å². The molecule has 1 aromatic heterocycles. The Morgan fingerprint density at radius 3 is 3.21 bits per heavy atom. The molecule has 0 bridgehead atoms. The molecule has 0 saturated heterocycles. The number of allylic oxidation sites excluding steroid dienone is 1. The number of aliphatic hydroxyl groups is 1. The lowest BCUT2D eigenvalue weighted by atomic mass is 9.89. The van der Waals surface area contributed by atoms with Crippen molar-refractivity contribution >= 4 is 29.1 Å². The molecule has 1 unspecified atom stereocenters. The van der Waals surface area contributed by atoms with Crippen LogP contribution in [0.1, 0.15) is 19.3 Å². The van der Waals surface area contributed by atoms with Crippen molar-refractivity contribution < 1.29 is 9.90 Å². The fourth-order valence-corrected chi connectivity index (χ4v) is 2.94. The molecule has 2 N–H and O–H groups in total. The molecular formula is C14H14N2O2S. The van der Waals surface area contributed by atoms with Gasteiger partial charge in [0.05, 0.1) is 17.3 Å². The first kappa shape index (κ1) is 12.2. The van der Waals surface area contributed by atoms with Crippen LogP contribution in [0.15, 0.2) is 44.8 Å². The minimum atomic E-state index is -0.315. The van der Waals surface area contributed by atoms with Gasteiger partial charge >= 0.3 is 0 Å². The zero-order chi connectivity index (χ0) is 13.2. The SMILES string of the molecule is O=C(Nc1ccsc1)C1=C(O)C2=CCCCC2N=C1. The predicted molar refractivity (Wildman–Crippen MR) is 76.8 cm³/mol. The molecule has 19 heavy (non-hydrogen) atoms. The third kappa shape index (κ3) is 2.33. The number of carbonyl (C=O) groups excluding carboxylic acids is 1. The molecule has 5 heteroatoms. The van der Waals surface area contributed by atoms with Crippen LogP contribution in [0.5, 0.6) is 0 Å². The van der Waals surface area contributed by atoms with Gasteiger partial charge in [0.2, 0.25) is 0 Å². The number of nitrogens with zero attached hydrogens (tertiary/aromatic N) is 1. The van der Waals surface area contributed by atoms with E-state index >= 15 is 0 Å². The molecule has 2 heterocycles. The third-order valence-electron chi connectivity index (χ3n) is 3.34. The van der Waals surface area contributed by atoms with E-state index < -0.39 is 0 Å². The quantitative estimate of drug-likeness (QED) is 0.870.